The van der Waals surface area contributed by atoms with Crippen LogP contribution in [0.4, 0.5) is 0 Å². The molecule has 5 heteroatoms. The van der Waals surface area contributed by atoms with Gasteiger partial charge in [-0.05, 0) is 26.1 Å². The third-order valence-electron chi connectivity index (χ3n) is 3.45. The maximum absolute atomic E-state index is 10.6. The lowest BCUT2D eigenvalue weighted by Gasteiger charge is -2.18. The van der Waals surface area contributed by atoms with Gasteiger partial charge in [0.1, 0.15) is 17.6 Å². The molecule has 0 bridgehead atoms. The van der Waals surface area contributed by atoms with Crippen molar-refractivity contribution in [2.45, 2.75) is 32.4 Å². The predicted octanol–water partition coefficient (Wildman–Crippen LogP) is 1.93. The van der Waals surface area contributed by atoms with Gasteiger partial charge in [-0.3, -0.25) is 4.79 Å². The summed E-state index contributed by atoms with van der Waals surface area (Å²) in [5, 5.41) is 8.71. The Morgan fingerprint density at radius 2 is 2.30 bits per heavy atom. The summed E-state index contributed by atoms with van der Waals surface area (Å²) in [6, 6.07) is 4.04. The van der Waals surface area contributed by atoms with Crippen molar-refractivity contribution >= 4 is 5.97 Å². The molecule has 0 saturated carbocycles. The third kappa shape index (κ3) is 3.42. The number of methoxy groups -OCH3 is 1. The average molecular weight is 279 g/mol. The van der Waals surface area contributed by atoms with E-state index in [1.165, 1.54) is 5.56 Å². The Labute approximate surface area is 119 Å². The van der Waals surface area contributed by atoms with Gasteiger partial charge >= 0.3 is 5.97 Å². The van der Waals surface area contributed by atoms with Gasteiger partial charge in [-0.2, -0.15) is 0 Å². The van der Waals surface area contributed by atoms with Gasteiger partial charge in [0, 0.05) is 30.6 Å². The van der Waals surface area contributed by atoms with Crippen molar-refractivity contribution < 1.29 is 19.4 Å². The number of aliphatic carboxylic acids is 1. The van der Waals surface area contributed by atoms with Crippen molar-refractivity contribution in [1.82, 2.24) is 4.90 Å². The lowest BCUT2D eigenvalue weighted by Crippen LogP contribution is -2.21. The van der Waals surface area contributed by atoms with Crippen LogP contribution < -0.4 is 9.47 Å². The first-order chi connectivity index (χ1) is 9.49. The maximum atomic E-state index is 10.6. The molecule has 1 aromatic carbocycles. The number of ether oxygens (including phenoxy) is 2. The minimum Gasteiger partial charge on any atom is -0.496 e. The third-order valence-corrected chi connectivity index (χ3v) is 3.45. The standard InChI is InChI=1S/C15H21NO4/c1-10-6-11-7-13(19-3)12(8-14(11)20-10)9-16(2)5-4-15(17)18/h7-8,10H,4-6,9H2,1-3H3,(H,17,18). The maximum Gasteiger partial charge on any atom is 0.304 e. The van der Waals surface area contributed by atoms with Crippen molar-refractivity contribution in [3.05, 3.63) is 23.3 Å². The smallest absolute Gasteiger partial charge is 0.304 e. The monoisotopic (exact) mass is 279 g/mol. The van der Waals surface area contributed by atoms with Crippen LogP contribution in [0, 0.1) is 0 Å². The topological polar surface area (TPSA) is 59.0 Å². The van der Waals surface area contributed by atoms with E-state index in [0.717, 1.165) is 23.5 Å². The fourth-order valence-corrected chi connectivity index (χ4v) is 2.45. The van der Waals surface area contributed by atoms with Gasteiger partial charge in [-0.15, -0.1) is 0 Å². The Morgan fingerprint density at radius 1 is 1.55 bits per heavy atom. The Balaban J connectivity index is 2.11. The van der Waals surface area contributed by atoms with E-state index in [4.69, 9.17) is 14.6 Å². The van der Waals surface area contributed by atoms with Gasteiger partial charge < -0.3 is 19.5 Å². The number of fused-ring (bicyclic) bond motifs is 1. The Morgan fingerprint density at radius 3 is 2.95 bits per heavy atom. The minimum absolute atomic E-state index is 0.136. The Kier molecular flexibility index (Phi) is 4.49. The first kappa shape index (κ1) is 14.7. The van der Waals surface area contributed by atoms with Crippen LogP contribution in [0.2, 0.25) is 0 Å². The van der Waals surface area contributed by atoms with Gasteiger partial charge in [0.2, 0.25) is 0 Å². The van der Waals surface area contributed by atoms with E-state index in [9.17, 15) is 4.79 Å². The lowest BCUT2D eigenvalue weighted by molar-refractivity contribution is -0.137. The first-order valence-electron chi connectivity index (χ1n) is 6.76. The second kappa shape index (κ2) is 6.13. The van der Waals surface area contributed by atoms with Crippen LogP contribution in [-0.2, 0) is 17.8 Å². The molecular weight excluding hydrogens is 258 g/mol. The highest BCUT2D eigenvalue weighted by Crippen LogP contribution is 2.35. The van der Waals surface area contributed by atoms with E-state index < -0.39 is 5.97 Å². The molecule has 1 heterocycles. The van der Waals surface area contributed by atoms with Crippen LogP contribution in [0.1, 0.15) is 24.5 Å². The highest BCUT2D eigenvalue weighted by molar-refractivity contribution is 5.66. The zero-order valence-electron chi connectivity index (χ0n) is 12.2. The van der Waals surface area contributed by atoms with Crippen LogP contribution in [0.25, 0.3) is 0 Å². The van der Waals surface area contributed by atoms with Crippen molar-refractivity contribution in [3.8, 4) is 11.5 Å². The van der Waals surface area contributed by atoms with E-state index in [-0.39, 0.29) is 12.5 Å². The average Bonchev–Trinajstić information content (AvgIpc) is 2.74. The summed E-state index contributed by atoms with van der Waals surface area (Å²) in [4.78, 5) is 12.6. The molecular formula is C15H21NO4. The van der Waals surface area contributed by atoms with Gasteiger partial charge in [0.15, 0.2) is 0 Å². The predicted molar refractivity (Wildman–Crippen MR) is 75.4 cm³/mol. The van der Waals surface area contributed by atoms with E-state index in [2.05, 4.69) is 0 Å². The largest absolute Gasteiger partial charge is 0.496 e. The Hall–Kier alpha value is -1.75. The van der Waals surface area contributed by atoms with E-state index >= 15 is 0 Å². The fraction of sp³-hybridized carbons (Fsp3) is 0.533. The highest BCUT2D eigenvalue weighted by atomic mass is 16.5. The first-order valence-corrected chi connectivity index (χ1v) is 6.76. The molecule has 110 valence electrons. The number of carbonyl (C=O) groups is 1. The van der Waals surface area contributed by atoms with Gasteiger partial charge in [0.05, 0.1) is 13.5 Å². The molecule has 0 aromatic heterocycles. The quantitative estimate of drug-likeness (QED) is 0.862. The normalized spacial score (nSPS) is 16.9. The van der Waals surface area contributed by atoms with Crippen LogP contribution in [0.5, 0.6) is 11.5 Å². The summed E-state index contributed by atoms with van der Waals surface area (Å²) in [7, 11) is 3.56. The number of nitrogens with zero attached hydrogens (tertiary/aromatic N) is 1. The molecule has 1 unspecified atom stereocenters. The van der Waals surface area contributed by atoms with Crippen LogP contribution >= 0.6 is 0 Å². The highest BCUT2D eigenvalue weighted by Gasteiger charge is 2.22. The molecule has 0 amide bonds. The van der Waals surface area contributed by atoms with Crippen molar-refractivity contribution in [3.63, 3.8) is 0 Å². The molecule has 0 fully saturated rings. The van der Waals surface area contributed by atoms with Gasteiger partial charge in [-0.25, -0.2) is 0 Å². The zero-order chi connectivity index (χ0) is 14.7. The number of hydrogen-bond acceptors (Lipinski definition) is 4. The SMILES string of the molecule is COc1cc2c(cc1CN(C)CCC(=O)O)OC(C)C2. The molecule has 20 heavy (non-hydrogen) atoms. The summed E-state index contributed by atoms with van der Waals surface area (Å²) in [5.74, 6) is 0.971. The molecule has 0 aliphatic carbocycles. The molecule has 0 spiro atoms. The second-order valence-electron chi connectivity index (χ2n) is 5.29. The summed E-state index contributed by atoms with van der Waals surface area (Å²) in [6.07, 6.45) is 1.24. The molecule has 5 nitrogen and oxygen atoms in total. The van der Waals surface area contributed by atoms with Crippen molar-refractivity contribution in [1.29, 1.82) is 0 Å². The number of carboxylic acids is 1. The second-order valence-corrected chi connectivity index (χ2v) is 5.29. The van der Waals surface area contributed by atoms with E-state index in [0.29, 0.717) is 13.1 Å². The summed E-state index contributed by atoms with van der Waals surface area (Å²) in [5.41, 5.74) is 2.19. The van der Waals surface area contributed by atoms with E-state index in [1.54, 1.807) is 7.11 Å². The summed E-state index contributed by atoms with van der Waals surface area (Å²) >= 11 is 0. The van der Waals surface area contributed by atoms with Crippen LogP contribution in [0.3, 0.4) is 0 Å². The fourth-order valence-electron chi connectivity index (χ4n) is 2.45. The molecule has 1 aromatic rings. The molecule has 1 N–H and O–H groups in total. The number of benzene rings is 1. The van der Waals surface area contributed by atoms with Crippen molar-refractivity contribution in [2.75, 3.05) is 20.7 Å². The number of rotatable bonds is 6. The molecule has 0 radical (unpaired) electrons. The molecule has 2 rings (SSSR count). The summed E-state index contributed by atoms with van der Waals surface area (Å²) < 4.78 is 11.2. The van der Waals surface area contributed by atoms with E-state index in [1.807, 2.05) is 31.0 Å². The number of carboxylic acid groups (broad SMARTS) is 1. The van der Waals surface area contributed by atoms with Crippen LogP contribution in [-0.4, -0.2) is 42.8 Å². The van der Waals surface area contributed by atoms with Gasteiger partial charge in [-0.1, -0.05) is 0 Å². The zero-order valence-corrected chi connectivity index (χ0v) is 12.2. The minimum atomic E-state index is -0.782. The van der Waals surface area contributed by atoms with Crippen LogP contribution in [0.15, 0.2) is 12.1 Å². The molecule has 0 saturated heterocycles. The lowest BCUT2D eigenvalue weighted by atomic mass is 10.1. The molecule has 1 aliphatic rings. The number of hydrogen-bond donors (Lipinski definition) is 1. The Bertz CT molecular complexity index is 501. The van der Waals surface area contributed by atoms with Crippen molar-refractivity contribution in [2.24, 2.45) is 0 Å². The van der Waals surface area contributed by atoms with Gasteiger partial charge in [0.25, 0.3) is 0 Å². The summed E-state index contributed by atoms with van der Waals surface area (Å²) in [6.45, 7) is 3.19. The molecule has 1 aliphatic heterocycles. The molecule has 1 atom stereocenters.